The first-order valence-electron chi connectivity index (χ1n) is 11.9. The monoisotopic (exact) mass is 433 g/mol. The van der Waals surface area contributed by atoms with E-state index in [9.17, 15) is 4.79 Å². The maximum absolute atomic E-state index is 13.3. The molecule has 2 fully saturated rings. The molecular weight excluding hydrogens is 390 g/mol. The number of nitrogens with one attached hydrogen (secondary N) is 3. The lowest BCUT2D eigenvalue weighted by Crippen LogP contribution is -2.50. The van der Waals surface area contributed by atoms with Crippen LogP contribution in [-0.4, -0.2) is 66.9 Å². The lowest BCUT2D eigenvalue weighted by Gasteiger charge is -2.43. The van der Waals surface area contributed by atoms with E-state index in [1.165, 1.54) is 11.3 Å². The molecule has 1 spiro atoms. The zero-order valence-corrected chi connectivity index (χ0v) is 20.4. The third-order valence-electron chi connectivity index (χ3n) is 6.94. The second kappa shape index (κ2) is 10.0. The summed E-state index contributed by atoms with van der Waals surface area (Å²) in [6.45, 7) is 13.0. The summed E-state index contributed by atoms with van der Waals surface area (Å²) in [7, 11) is 4.12. The van der Waals surface area contributed by atoms with E-state index >= 15 is 0 Å². The highest BCUT2D eigenvalue weighted by Crippen LogP contribution is 2.53. The number of ether oxygens (including phenoxy) is 1. The number of hydrogen-bond acceptors (Lipinski definition) is 5. The van der Waals surface area contributed by atoms with Crippen LogP contribution in [-0.2, 0) is 16.1 Å². The Balaban J connectivity index is 1.77. The number of likely N-dealkylation sites (N-methyl/N-ethyl adjacent to an activating group) is 2. The van der Waals surface area contributed by atoms with Crippen molar-refractivity contribution in [2.24, 2.45) is 17.3 Å². The van der Waals surface area contributed by atoms with E-state index in [4.69, 9.17) is 4.74 Å². The molecule has 3 rings (SSSR count). The van der Waals surface area contributed by atoms with Crippen molar-refractivity contribution in [3.05, 3.63) is 17.5 Å². The summed E-state index contributed by atoms with van der Waals surface area (Å²) in [6, 6.07) is 0. The second-order valence-corrected chi connectivity index (χ2v) is 11.0. The molecule has 1 aliphatic heterocycles. The highest BCUT2D eigenvalue weighted by atomic mass is 16.5. The summed E-state index contributed by atoms with van der Waals surface area (Å²) < 4.78 is 6.44. The maximum atomic E-state index is 13.3. The summed E-state index contributed by atoms with van der Waals surface area (Å²) >= 11 is 0. The van der Waals surface area contributed by atoms with Crippen LogP contribution in [0.15, 0.2) is 6.20 Å². The van der Waals surface area contributed by atoms with E-state index in [1.807, 2.05) is 13.2 Å². The first kappa shape index (κ1) is 24.2. The van der Waals surface area contributed by atoms with E-state index < -0.39 is 0 Å². The van der Waals surface area contributed by atoms with E-state index in [2.05, 4.69) is 60.5 Å². The summed E-state index contributed by atoms with van der Waals surface area (Å²) in [5.74, 6) is 0.781. The highest BCUT2D eigenvalue weighted by Gasteiger charge is 2.54. The first-order valence-corrected chi connectivity index (χ1v) is 11.9. The molecule has 0 aromatic carbocycles. The molecule has 3 atom stereocenters. The zero-order chi connectivity index (χ0) is 22.6. The number of carbonyl (C=O) groups is 1. The summed E-state index contributed by atoms with van der Waals surface area (Å²) in [6.07, 6.45) is 5.68. The Morgan fingerprint density at radius 2 is 2.19 bits per heavy atom. The molecule has 7 heteroatoms. The molecule has 31 heavy (non-hydrogen) atoms. The van der Waals surface area contributed by atoms with Crippen molar-refractivity contribution < 1.29 is 9.53 Å². The van der Waals surface area contributed by atoms with Gasteiger partial charge in [-0.15, -0.1) is 0 Å². The normalized spacial score (nSPS) is 28.0. The molecule has 1 aromatic rings. The lowest BCUT2D eigenvalue weighted by molar-refractivity contribution is -0.141. The van der Waals surface area contributed by atoms with Gasteiger partial charge < -0.3 is 20.3 Å². The Kier molecular flexibility index (Phi) is 7.81. The average molecular weight is 434 g/mol. The van der Waals surface area contributed by atoms with Gasteiger partial charge in [0.05, 0.1) is 24.3 Å². The van der Waals surface area contributed by atoms with Gasteiger partial charge in [0.2, 0.25) is 5.91 Å². The Labute approximate surface area is 188 Å². The van der Waals surface area contributed by atoms with Gasteiger partial charge in [-0.25, -0.2) is 0 Å². The van der Waals surface area contributed by atoms with Gasteiger partial charge in [0.1, 0.15) is 0 Å². The highest BCUT2D eigenvalue weighted by molar-refractivity contribution is 5.80. The largest absolute Gasteiger partial charge is 0.374 e. The standard InChI is InChI=1S/C24H43N5O2/c1-17(2)12-26-22(30)20-11-18(7-8-24(20)15-23(3,4)16-31-24)21-19(13-27-28-21)14-29(6)10-9-25-5/h13,17-18,20,25H,7-12,14-16H2,1-6H3,(H,26,30)(H,27,28). The smallest absolute Gasteiger partial charge is 0.226 e. The van der Waals surface area contributed by atoms with Crippen LogP contribution in [0, 0.1) is 17.3 Å². The van der Waals surface area contributed by atoms with Crippen molar-refractivity contribution >= 4 is 5.91 Å². The number of rotatable bonds is 9. The Hall–Kier alpha value is -1.44. The average Bonchev–Trinajstić information content (AvgIpc) is 3.29. The zero-order valence-electron chi connectivity index (χ0n) is 20.4. The van der Waals surface area contributed by atoms with Crippen LogP contribution in [0.4, 0.5) is 0 Å². The van der Waals surface area contributed by atoms with E-state index in [0.29, 0.717) is 18.4 Å². The van der Waals surface area contributed by atoms with Gasteiger partial charge in [-0.05, 0) is 51.1 Å². The Bertz CT molecular complexity index is 731. The quantitative estimate of drug-likeness (QED) is 0.558. The summed E-state index contributed by atoms with van der Waals surface area (Å²) in [5.41, 5.74) is 2.24. The van der Waals surface area contributed by atoms with Crippen LogP contribution in [0.2, 0.25) is 0 Å². The van der Waals surface area contributed by atoms with E-state index in [0.717, 1.165) is 51.9 Å². The molecule has 1 aromatic heterocycles. The van der Waals surface area contributed by atoms with E-state index in [1.54, 1.807) is 0 Å². The number of nitrogens with zero attached hydrogens (tertiary/aromatic N) is 2. The van der Waals surface area contributed by atoms with Crippen LogP contribution < -0.4 is 10.6 Å². The predicted molar refractivity (Wildman–Crippen MR) is 124 cm³/mol. The molecule has 3 unspecified atom stereocenters. The minimum Gasteiger partial charge on any atom is -0.374 e. The molecule has 7 nitrogen and oxygen atoms in total. The third kappa shape index (κ3) is 5.88. The Morgan fingerprint density at radius 3 is 2.84 bits per heavy atom. The van der Waals surface area contributed by atoms with Crippen LogP contribution >= 0.6 is 0 Å². The van der Waals surface area contributed by atoms with Crippen molar-refractivity contribution in [3.8, 4) is 0 Å². The van der Waals surface area contributed by atoms with Crippen molar-refractivity contribution in [3.63, 3.8) is 0 Å². The molecule has 0 bridgehead atoms. The lowest BCUT2D eigenvalue weighted by atomic mass is 9.65. The minimum absolute atomic E-state index is 0.120. The second-order valence-electron chi connectivity index (χ2n) is 11.0. The van der Waals surface area contributed by atoms with Crippen LogP contribution in [0.1, 0.15) is 70.6 Å². The molecule has 2 aliphatic rings. The number of H-pyrrole nitrogens is 1. The molecule has 1 aliphatic carbocycles. The maximum Gasteiger partial charge on any atom is 0.226 e. The van der Waals surface area contributed by atoms with Crippen molar-refractivity contribution in [2.45, 2.75) is 71.4 Å². The molecular formula is C24H43N5O2. The molecule has 176 valence electrons. The fourth-order valence-corrected chi connectivity index (χ4v) is 5.35. The van der Waals surface area contributed by atoms with Gasteiger partial charge in [0.15, 0.2) is 0 Å². The number of aromatic nitrogens is 2. The summed E-state index contributed by atoms with van der Waals surface area (Å²) in [4.78, 5) is 15.6. The van der Waals surface area contributed by atoms with Crippen molar-refractivity contribution in [1.29, 1.82) is 0 Å². The topological polar surface area (TPSA) is 82.3 Å². The molecule has 1 saturated heterocycles. The van der Waals surface area contributed by atoms with Crippen molar-refractivity contribution in [2.75, 3.05) is 40.3 Å². The van der Waals surface area contributed by atoms with Crippen LogP contribution in [0.25, 0.3) is 0 Å². The third-order valence-corrected chi connectivity index (χ3v) is 6.94. The molecule has 2 heterocycles. The number of carbonyl (C=O) groups excluding carboxylic acids is 1. The fourth-order valence-electron chi connectivity index (χ4n) is 5.35. The SMILES string of the molecule is CNCCN(C)Cc1cn[nH]c1C1CCC2(CC(C)(C)CO2)C(C(=O)NCC(C)C)C1. The van der Waals surface area contributed by atoms with Crippen molar-refractivity contribution in [1.82, 2.24) is 25.7 Å². The van der Waals surface area contributed by atoms with Crippen LogP contribution in [0.5, 0.6) is 0 Å². The predicted octanol–water partition coefficient (Wildman–Crippen LogP) is 2.90. The van der Waals surface area contributed by atoms with E-state index in [-0.39, 0.29) is 22.8 Å². The van der Waals surface area contributed by atoms with Crippen LogP contribution in [0.3, 0.4) is 0 Å². The minimum atomic E-state index is -0.329. The van der Waals surface area contributed by atoms with Gasteiger partial charge in [-0.2, -0.15) is 5.10 Å². The molecule has 0 radical (unpaired) electrons. The molecule has 1 saturated carbocycles. The summed E-state index contributed by atoms with van der Waals surface area (Å²) in [5, 5.41) is 14.1. The van der Waals surface area contributed by atoms with Gasteiger partial charge in [-0.1, -0.05) is 27.7 Å². The van der Waals surface area contributed by atoms with Gasteiger partial charge in [-0.3, -0.25) is 9.89 Å². The first-order chi connectivity index (χ1) is 14.7. The number of amides is 1. The van der Waals surface area contributed by atoms with Gasteiger partial charge in [0, 0.05) is 43.4 Å². The van der Waals surface area contributed by atoms with Gasteiger partial charge in [0.25, 0.3) is 0 Å². The fraction of sp³-hybridized carbons (Fsp3) is 0.833. The Morgan fingerprint density at radius 1 is 1.42 bits per heavy atom. The molecule has 1 amide bonds. The number of aromatic amines is 1. The number of hydrogen-bond donors (Lipinski definition) is 3. The van der Waals surface area contributed by atoms with Gasteiger partial charge >= 0.3 is 0 Å². The molecule has 3 N–H and O–H groups in total.